The normalized spacial score (nSPS) is 30.3. The van der Waals surface area contributed by atoms with Gasteiger partial charge in [0.15, 0.2) is 0 Å². The highest BCUT2D eigenvalue weighted by Crippen LogP contribution is 2.36. The van der Waals surface area contributed by atoms with E-state index in [4.69, 9.17) is 4.42 Å². The lowest BCUT2D eigenvalue weighted by Gasteiger charge is -2.45. The third-order valence-corrected chi connectivity index (χ3v) is 4.58. The van der Waals surface area contributed by atoms with Gasteiger partial charge in [-0.2, -0.15) is 0 Å². The standard InChI is InChI=1S/C15H17NO2/c17-13-6-5-11-9-10-3-1-7-16-8-2-4-12(14(10)16)15(11)18-13/h5-6,9-10,14H,1-4,7-8H2. The second kappa shape index (κ2) is 3.82. The first-order valence-corrected chi connectivity index (χ1v) is 6.92. The van der Waals surface area contributed by atoms with Gasteiger partial charge in [0.1, 0.15) is 5.42 Å². The van der Waals surface area contributed by atoms with Crippen molar-refractivity contribution in [2.45, 2.75) is 31.7 Å². The van der Waals surface area contributed by atoms with E-state index < -0.39 is 0 Å². The van der Waals surface area contributed by atoms with Crippen LogP contribution in [-0.2, 0) is 0 Å². The second-order valence-electron chi connectivity index (χ2n) is 5.62. The fraction of sp³-hybridized carbons (Fsp3) is 0.533. The summed E-state index contributed by atoms with van der Waals surface area (Å²) in [6.45, 7) is 2.40. The molecule has 2 fully saturated rings. The minimum Gasteiger partial charge on any atom is -0.423 e. The molecule has 0 N–H and O–H groups in total. The van der Waals surface area contributed by atoms with E-state index in [0.717, 1.165) is 17.1 Å². The zero-order valence-electron chi connectivity index (χ0n) is 10.4. The Labute approximate surface area is 105 Å². The van der Waals surface area contributed by atoms with Crippen LogP contribution >= 0.6 is 0 Å². The molecule has 1 aliphatic carbocycles. The van der Waals surface area contributed by atoms with Gasteiger partial charge >= 0.3 is 5.63 Å². The molecule has 3 aliphatic rings. The third kappa shape index (κ3) is 1.43. The van der Waals surface area contributed by atoms with Gasteiger partial charge in [-0.3, -0.25) is 4.90 Å². The zero-order valence-corrected chi connectivity index (χ0v) is 10.4. The lowest BCUT2D eigenvalue weighted by atomic mass is 9.77. The van der Waals surface area contributed by atoms with Gasteiger partial charge in [-0.15, -0.1) is 0 Å². The van der Waals surface area contributed by atoms with Crippen molar-refractivity contribution in [1.82, 2.24) is 4.90 Å². The van der Waals surface area contributed by atoms with E-state index >= 15 is 0 Å². The highest BCUT2D eigenvalue weighted by molar-refractivity contribution is 5.57. The molecule has 2 saturated heterocycles. The van der Waals surface area contributed by atoms with Crippen LogP contribution in [0.3, 0.4) is 0 Å². The van der Waals surface area contributed by atoms with Crippen LogP contribution in [0.2, 0.25) is 0 Å². The quantitative estimate of drug-likeness (QED) is 0.664. The summed E-state index contributed by atoms with van der Waals surface area (Å²) >= 11 is 0. The van der Waals surface area contributed by atoms with Crippen molar-refractivity contribution in [2.24, 2.45) is 5.92 Å². The summed E-state index contributed by atoms with van der Waals surface area (Å²) in [5, 5.41) is 1.13. The first kappa shape index (κ1) is 10.6. The molecule has 3 nitrogen and oxygen atoms in total. The average molecular weight is 243 g/mol. The Kier molecular flexibility index (Phi) is 2.24. The maximum Gasteiger partial charge on any atom is 0.336 e. The van der Waals surface area contributed by atoms with Gasteiger partial charge in [-0.1, -0.05) is 6.08 Å². The summed E-state index contributed by atoms with van der Waals surface area (Å²) < 4.78 is 5.48. The van der Waals surface area contributed by atoms with Crippen molar-refractivity contribution in [2.75, 3.05) is 13.1 Å². The fourth-order valence-electron chi connectivity index (χ4n) is 3.91. The first-order chi connectivity index (χ1) is 8.83. The average Bonchev–Trinajstić information content (AvgIpc) is 2.40. The van der Waals surface area contributed by atoms with Crippen LogP contribution in [0.15, 0.2) is 21.3 Å². The largest absolute Gasteiger partial charge is 0.423 e. The van der Waals surface area contributed by atoms with Crippen LogP contribution < -0.4 is 16.3 Å². The summed E-state index contributed by atoms with van der Waals surface area (Å²) in [6.07, 6.45) is 7.16. The molecule has 18 heavy (non-hydrogen) atoms. The van der Waals surface area contributed by atoms with E-state index in [1.807, 2.05) is 6.07 Å². The van der Waals surface area contributed by atoms with Crippen molar-refractivity contribution in [1.29, 1.82) is 0 Å². The van der Waals surface area contributed by atoms with E-state index in [-0.39, 0.29) is 5.63 Å². The highest BCUT2D eigenvalue weighted by Gasteiger charge is 2.37. The molecule has 1 aromatic rings. The van der Waals surface area contributed by atoms with Crippen LogP contribution in [0.1, 0.15) is 25.7 Å². The van der Waals surface area contributed by atoms with Gasteiger partial charge in [0.25, 0.3) is 0 Å². The Morgan fingerprint density at radius 3 is 3.06 bits per heavy atom. The summed E-state index contributed by atoms with van der Waals surface area (Å²) in [5.41, 5.74) is 2.03. The molecule has 0 spiro atoms. The first-order valence-electron chi connectivity index (χ1n) is 6.92. The van der Waals surface area contributed by atoms with Crippen molar-refractivity contribution in [3.8, 4) is 0 Å². The number of rotatable bonds is 0. The highest BCUT2D eigenvalue weighted by atomic mass is 16.4. The van der Waals surface area contributed by atoms with Crippen LogP contribution in [0.25, 0.3) is 11.6 Å². The molecule has 3 heterocycles. The molecule has 2 aliphatic heterocycles. The summed E-state index contributed by atoms with van der Waals surface area (Å²) in [5.74, 6) is 0.620. The minimum absolute atomic E-state index is 0.221. The second-order valence-corrected chi connectivity index (χ2v) is 5.62. The van der Waals surface area contributed by atoms with E-state index in [2.05, 4.69) is 11.0 Å². The number of hydrogen-bond donors (Lipinski definition) is 0. The molecule has 0 bridgehead atoms. The van der Waals surface area contributed by atoms with Gasteiger partial charge in [0.05, 0.1) is 0 Å². The third-order valence-electron chi connectivity index (χ3n) is 4.58. The maximum absolute atomic E-state index is 11.5. The van der Waals surface area contributed by atoms with Crippen LogP contribution in [-0.4, -0.2) is 24.0 Å². The van der Waals surface area contributed by atoms with Crippen molar-refractivity contribution in [3.63, 3.8) is 0 Å². The molecule has 0 radical (unpaired) electrons. The minimum atomic E-state index is -0.221. The Morgan fingerprint density at radius 2 is 2.11 bits per heavy atom. The number of piperidine rings is 2. The summed E-state index contributed by atoms with van der Waals surface area (Å²) in [6, 6.07) is 3.97. The summed E-state index contributed by atoms with van der Waals surface area (Å²) in [4.78, 5) is 14.0. The Bertz CT molecular complexity index is 656. The van der Waals surface area contributed by atoms with Crippen LogP contribution in [0, 0.1) is 5.92 Å². The predicted molar refractivity (Wildman–Crippen MR) is 69.4 cm³/mol. The van der Waals surface area contributed by atoms with Gasteiger partial charge in [-0.25, -0.2) is 4.79 Å². The van der Waals surface area contributed by atoms with E-state index in [1.54, 1.807) is 6.07 Å². The molecule has 2 unspecified atom stereocenters. The predicted octanol–water partition coefficient (Wildman–Crippen LogP) is 0.459. The lowest BCUT2D eigenvalue weighted by Crippen LogP contribution is -2.54. The van der Waals surface area contributed by atoms with E-state index in [9.17, 15) is 4.79 Å². The zero-order chi connectivity index (χ0) is 12.1. The molecule has 0 saturated carbocycles. The molecular weight excluding hydrogens is 226 g/mol. The van der Waals surface area contributed by atoms with Crippen molar-refractivity contribution in [3.05, 3.63) is 33.2 Å². The molecule has 0 aromatic carbocycles. The van der Waals surface area contributed by atoms with Crippen molar-refractivity contribution >= 4 is 11.6 Å². The molecule has 0 amide bonds. The van der Waals surface area contributed by atoms with Gasteiger partial charge in [0.2, 0.25) is 0 Å². The fourth-order valence-corrected chi connectivity index (χ4v) is 3.91. The van der Waals surface area contributed by atoms with Gasteiger partial charge in [0, 0.05) is 17.3 Å². The number of nitrogens with zero attached hydrogens (tertiary/aromatic N) is 1. The van der Waals surface area contributed by atoms with Gasteiger partial charge in [-0.05, 0) is 56.3 Å². The van der Waals surface area contributed by atoms with Gasteiger partial charge < -0.3 is 4.42 Å². The molecule has 4 rings (SSSR count). The van der Waals surface area contributed by atoms with E-state index in [0.29, 0.717) is 12.0 Å². The monoisotopic (exact) mass is 243 g/mol. The van der Waals surface area contributed by atoms with Crippen molar-refractivity contribution < 1.29 is 4.42 Å². The molecule has 3 heteroatoms. The molecule has 2 atom stereocenters. The maximum atomic E-state index is 11.5. The van der Waals surface area contributed by atoms with Crippen LogP contribution in [0.5, 0.6) is 0 Å². The SMILES string of the molecule is O=c1ccc2c(o1)=C1CCCN3CCCC(C=2)C13. The lowest BCUT2D eigenvalue weighted by molar-refractivity contribution is 0.136. The molecule has 94 valence electrons. The number of fused-ring (bicyclic) bond motifs is 1. The number of hydrogen-bond acceptors (Lipinski definition) is 3. The summed E-state index contributed by atoms with van der Waals surface area (Å²) in [7, 11) is 0. The molecule has 1 aromatic heterocycles. The Morgan fingerprint density at radius 1 is 1.22 bits per heavy atom. The van der Waals surface area contributed by atoms with E-state index in [1.165, 1.54) is 37.9 Å². The Hall–Kier alpha value is -1.35. The topological polar surface area (TPSA) is 33.5 Å². The Balaban J connectivity index is 2.02. The molecular formula is C15H17NO2. The van der Waals surface area contributed by atoms with Crippen LogP contribution in [0.4, 0.5) is 0 Å². The smallest absolute Gasteiger partial charge is 0.336 e.